The van der Waals surface area contributed by atoms with Gasteiger partial charge in [0.1, 0.15) is 6.17 Å². The van der Waals surface area contributed by atoms with E-state index in [2.05, 4.69) is 0 Å². The summed E-state index contributed by atoms with van der Waals surface area (Å²) in [6.07, 6.45) is 5.37. The number of hydrogen-bond donors (Lipinski definition) is 3. The minimum absolute atomic E-state index is 0.152. The van der Waals surface area contributed by atoms with E-state index in [-0.39, 0.29) is 18.3 Å². The van der Waals surface area contributed by atoms with E-state index in [9.17, 15) is 24.1 Å². The van der Waals surface area contributed by atoms with Crippen LogP contribution in [-0.4, -0.2) is 39.7 Å². The highest BCUT2D eigenvalue weighted by atomic mass is 32.1. The van der Waals surface area contributed by atoms with Gasteiger partial charge in [0.15, 0.2) is 7.37 Å². The predicted octanol–water partition coefficient (Wildman–Crippen LogP) is 6.07. The molecule has 2 aromatic rings. The van der Waals surface area contributed by atoms with Crippen molar-refractivity contribution in [3.63, 3.8) is 0 Å². The van der Waals surface area contributed by atoms with Crippen molar-refractivity contribution in [2.24, 2.45) is 11.8 Å². The third kappa shape index (κ3) is 6.72. The summed E-state index contributed by atoms with van der Waals surface area (Å²) in [5.74, 6) is -0.415. The molecule has 4 nitrogen and oxygen atoms in total. The molecule has 1 unspecified atom stereocenters. The fourth-order valence-electron chi connectivity index (χ4n) is 4.51. The Labute approximate surface area is 188 Å². The van der Waals surface area contributed by atoms with Gasteiger partial charge in [-0.1, -0.05) is 37.3 Å². The second kappa shape index (κ2) is 11.2. The van der Waals surface area contributed by atoms with Crippen molar-refractivity contribution >= 4 is 28.8 Å². The van der Waals surface area contributed by atoms with Gasteiger partial charge in [-0.25, -0.2) is 4.39 Å². The highest BCUT2D eigenvalue weighted by molar-refractivity contribution is 7.57. The molecule has 0 bridgehead atoms. The number of rotatable bonds is 11. The molecular formula is C24H34FO4PS. The van der Waals surface area contributed by atoms with Crippen molar-refractivity contribution in [3.8, 4) is 0 Å². The summed E-state index contributed by atoms with van der Waals surface area (Å²) in [5, 5.41) is 22.1. The van der Waals surface area contributed by atoms with Crippen LogP contribution in [0.3, 0.4) is 0 Å². The molecule has 1 heterocycles. The van der Waals surface area contributed by atoms with Crippen molar-refractivity contribution in [1.82, 2.24) is 0 Å². The van der Waals surface area contributed by atoms with Crippen LogP contribution >= 0.6 is 18.7 Å². The van der Waals surface area contributed by atoms with E-state index in [0.29, 0.717) is 44.4 Å². The van der Waals surface area contributed by atoms with Crippen LogP contribution in [-0.2, 0) is 4.57 Å². The lowest BCUT2D eigenvalue weighted by Crippen LogP contribution is -2.21. The quantitative estimate of drug-likeness (QED) is 0.213. The average molecular weight is 469 g/mol. The lowest BCUT2D eigenvalue weighted by Gasteiger charge is -2.22. The van der Waals surface area contributed by atoms with E-state index in [1.54, 1.807) is 18.3 Å². The van der Waals surface area contributed by atoms with Gasteiger partial charge in [-0.05, 0) is 61.5 Å². The zero-order valence-electron chi connectivity index (χ0n) is 18.1. The van der Waals surface area contributed by atoms with Crippen LogP contribution in [0.4, 0.5) is 4.39 Å². The maximum absolute atomic E-state index is 14.6. The first kappa shape index (κ1) is 24.6. The molecule has 0 spiro atoms. The molecule has 0 aliphatic heterocycles. The maximum atomic E-state index is 14.6. The topological polar surface area (TPSA) is 77.8 Å². The largest absolute Gasteiger partial charge is 0.393 e. The summed E-state index contributed by atoms with van der Waals surface area (Å²) in [5.41, 5.74) is 0. The second-order valence-electron chi connectivity index (χ2n) is 8.66. The molecule has 1 aliphatic carbocycles. The Kier molecular flexibility index (Phi) is 8.89. The van der Waals surface area contributed by atoms with Gasteiger partial charge in [-0.3, -0.25) is 4.57 Å². The Bertz CT molecular complexity index is 881. The first-order chi connectivity index (χ1) is 14.8. The minimum Gasteiger partial charge on any atom is -0.393 e. The molecule has 1 aromatic heterocycles. The minimum atomic E-state index is -2.97. The van der Waals surface area contributed by atoms with Crippen molar-refractivity contribution in [2.75, 3.05) is 12.3 Å². The molecule has 0 radical (unpaired) electrons. The highest BCUT2D eigenvalue weighted by Gasteiger charge is 2.41. The number of aliphatic hydroxyl groups is 2. The van der Waals surface area contributed by atoms with Crippen LogP contribution in [0.1, 0.15) is 56.4 Å². The molecule has 1 saturated carbocycles. The number of thiophene rings is 1. The van der Waals surface area contributed by atoms with Crippen LogP contribution in [0.15, 0.2) is 42.5 Å². The Morgan fingerprint density at radius 2 is 2.06 bits per heavy atom. The molecule has 31 heavy (non-hydrogen) atoms. The van der Waals surface area contributed by atoms with Crippen LogP contribution in [0, 0.1) is 11.8 Å². The summed E-state index contributed by atoms with van der Waals surface area (Å²) in [7, 11) is -2.97. The lowest BCUT2D eigenvalue weighted by molar-refractivity contribution is 0.105. The molecule has 1 aliphatic rings. The lowest BCUT2D eigenvalue weighted by atomic mass is 9.86. The molecular weight excluding hydrogens is 434 g/mol. The number of fused-ring (bicyclic) bond motifs is 1. The van der Waals surface area contributed by atoms with Crippen LogP contribution in [0.2, 0.25) is 0 Å². The second-order valence-corrected chi connectivity index (χ2v) is 12.5. The van der Waals surface area contributed by atoms with Gasteiger partial charge in [0.2, 0.25) is 0 Å². The normalized spacial score (nSPS) is 27.1. The Balaban J connectivity index is 1.50. The molecule has 0 amide bonds. The molecule has 6 atom stereocenters. The smallest absolute Gasteiger partial charge is 0.200 e. The monoisotopic (exact) mass is 468 g/mol. The van der Waals surface area contributed by atoms with Gasteiger partial charge in [0.25, 0.3) is 0 Å². The van der Waals surface area contributed by atoms with Gasteiger partial charge >= 0.3 is 0 Å². The molecule has 172 valence electrons. The number of hydrogen-bond acceptors (Lipinski definition) is 4. The molecule has 3 N–H and O–H groups in total. The van der Waals surface area contributed by atoms with Gasteiger partial charge in [-0.2, -0.15) is 0 Å². The molecule has 0 saturated heterocycles. The summed E-state index contributed by atoms with van der Waals surface area (Å²) in [4.78, 5) is 10.5. The first-order valence-electron chi connectivity index (χ1n) is 11.2. The van der Waals surface area contributed by atoms with Gasteiger partial charge in [0.05, 0.1) is 12.2 Å². The highest BCUT2D eigenvalue weighted by Crippen LogP contribution is 2.42. The fraction of sp³-hybridized carbons (Fsp3) is 0.583. The van der Waals surface area contributed by atoms with Gasteiger partial charge < -0.3 is 15.1 Å². The maximum Gasteiger partial charge on any atom is 0.200 e. The van der Waals surface area contributed by atoms with Crippen LogP contribution in [0.25, 0.3) is 10.1 Å². The molecule has 1 fully saturated rings. The van der Waals surface area contributed by atoms with Gasteiger partial charge in [-0.15, -0.1) is 11.3 Å². The molecule has 1 aromatic carbocycles. The van der Waals surface area contributed by atoms with Crippen molar-refractivity contribution in [1.29, 1.82) is 0 Å². The van der Waals surface area contributed by atoms with Crippen LogP contribution in [0.5, 0.6) is 0 Å². The Hall–Kier alpha value is -1.04. The molecule has 3 rings (SSSR count). The van der Waals surface area contributed by atoms with E-state index in [0.717, 1.165) is 15.0 Å². The van der Waals surface area contributed by atoms with Crippen molar-refractivity contribution < 1.29 is 24.1 Å². The fourth-order valence-corrected chi connectivity index (χ4v) is 6.58. The predicted molar refractivity (Wildman–Crippen MR) is 127 cm³/mol. The Morgan fingerprint density at radius 3 is 2.81 bits per heavy atom. The van der Waals surface area contributed by atoms with E-state index < -0.39 is 25.7 Å². The van der Waals surface area contributed by atoms with E-state index in [1.165, 1.54) is 0 Å². The number of alkyl halides is 1. The molecule has 7 heteroatoms. The summed E-state index contributed by atoms with van der Waals surface area (Å²) >= 11 is 1.57. The number of unbranched alkanes of at least 4 members (excludes halogenated alkanes) is 1. The number of aliphatic hydroxyl groups excluding tert-OH is 2. The first-order valence-corrected chi connectivity index (χ1v) is 14.1. The summed E-state index contributed by atoms with van der Waals surface area (Å²) in [6, 6.07) is 10.0. The summed E-state index contributed by atoms with van der Waals surface area (Å²) < 4.78 is 27.4. The standard InChI is InChI=1S/C24H34FO4PS/c1-2-30(28,29)14-8-4-3-5-10-19-18(20(25)16-22(19)27)12-13-21(26)24-15-17-9-6-7-11-23(17)31-24/h3,5-7,9,11,15,18-22,26-27H,2,4,8,10,12-14,16H2,1H3,(H,28,29)/b5-3-/t18-,19-,20+,21+,22+/m1/s1. The van der Waals surface area contributed by atoms with E-state index >= 15 is 0 Å². The third-order valence-corrected chi connectivity index (χ3v) is 9.69. The SMILES string of the molecule is CCP(=O)(O)CCC/C=C\C[C@@H]1[C@@H](CC[C@H](O)c2cc3ccccc3s2)[C@@H](F)C[C@@H]1O. The number of benzene rings is 1. The zero-order chi connectivity index (χ0) is 22.4. The third-order valence-electron chi connectivity index (χ3n) is 6.47. The number of halogens is 1. The average Bonchev–Trinajstić information content (AvgIpc) is 3.29. The van der Waals surface area contributed by atoms with Gasteiger partial charge in [0, 0.05) is 28.3 Å². The van der Waals surface area contributed by atoms with Crippen molar-refractivity contribution in [3.05, 3.63) is 47.4 Å². The Morgan fingerprint density at radius 1 is 1.29 bits per heavy atom. The van der Waals surface area contributed by atoms with E-state index in [1.807, 2.05) is 42.5 Å². The van der Waals surface area contributed by atoms with E-state index in [4.69, 9.17) is 0 Å². The van der Waals surface area contributed by atoms with Crippen molar-refractivity contribution in [2.45, 2.75) is 63.8 Å². The zero-order valence-corrected chi connectivity index (χ0v) is 19.8. The summed E-state index contributed by atoms with van der Waals surface area (Å²) in [6.45, 7) is 1.73. The number of allylic oxidation sites excluding steroid dienone is 2. The van der Waals surface area contributed by atoms with Crippen LogP contribution < -0.4 is 0 Å².